The van der Waals surface area contributed by atoms with Crippen molar-refractivity contribution in [1.82, 2.24) is 0 Å². The average molecular weight is 286 g/mol. The molecule has 1 N–H and O–H groups in total. The van der Waals surface area contributed by atoms with E-state index in [0.717, 1.165) is 22.6 Å². The second-order valence-corrected chi connectivity index (χ2v) is 4.65. The van der Waals surface area contributed by atoms with Crippen LogP contribution in [-0.2, 0) is 6.54 Å². The third-order valence-corrected chi connectivity index (χ3v) is 3.17. The summed E-state index contributed by atoms with van der Waals surface area (Å²) in [5.41, 5.74) is 2.83. The number of ether oxygens (including phenoxy) is 1. The quantitative estimate of drug-likeness (QED) is 0.646. The van der Waals surface area contributed by atoms with Gasteiger partial charge in [-0.25, -0.2) is 0 Å². The fourth-order valence-electron chi connectivity index (χ4n) is 2.05. The maximum absolute atomic E-state index is 10.8. The third-order valence-electron chi connectivity index (χ3n) is 3.17. The maximum Gasteiger partial charge on any atom is 0.271 e. The van der Waals surface area contributed by atoms with Crippen LogP contribution in [0.5, 0.6) is 5.75 Å². The van der Waals surface area contributed by atoms with E-state index < -0.39 is 4.92 Å². The zero-order valence-corrected chi connectivity index (χ0v) is 12.1. The molecular formula is C16H18N2O3. The SMILES string of the molecule is CCOc1ccccc1CNc1cc([N+](=O)[O-])ccc1C. The van der Waals surface area contributed by atoms with Gasteiger partial charge in [-0.05, 0) is 25.5 Å². The summed E-state index contributed by atoms with van der Waals surface area (Å²) in [6, 6.07) is 12.6. The van der Waals surface area contributed by atoms with Gasteiger partial charge in [0.2, 0.25) is 0 Å². The van der Waals surface area contributed by atoms with Crippen molar-refractivity contribution in [3.63, 3.8) is 0 Å². The number of nitrogens with zero attached hydrogens (tertiary/aromatic N) is 1. The number of hydrogen-bond acceptors (Lipinski definition) is 4. The van der Waals surface area contributed by atoms with Gasteiger partial charge >= 0.3 is 0 Å². The molecule has 0 unspecified atom stereocenters. The topological polar surface area (TPSA) is 64.4 Å². The summed E-state index contributed by atoms with van der Waals surface area (Å²) < 4.78 is 5.57. The molecule has 0 saturated carbocycles. The zero-order chi connectivity index (χ0) is 15.2. The number of rotatable bonds is 6. The van der Waals surface area contributed by atoms with E-state index in [1.165, 1.54) is 6.07 Å². The maximum atomic E-state index is 10.8. The molecule has 0 bridgehead atoms. The molecule has 2 rings (SSSR count). The summed E-state index contributed by atoms with van der Waals surface area (Å²) >= 11 is 0. The number of benzene rings is 2. The van der Waals surface area contributed by atoms with Gasteiger partial charge in [0.25, 0.3) is 5.69 Å². The minimum Gasteiger partial charge on any atom is -0.494 e. The second kappa shape index (κ2) is 6.74. The highest BCUT2D eigenvalue weighted by Crippen LogP contribution is 2.24. The Kier molecular flexibility index (Phi) is 4.77. The van der Waals surface area contributed by atoms with Crippen LogP contribution in [0.3, 0.4) is 0 Å². The van der Waals surface area contributed by atoms with Crippen LogP contribution >= 0.6 is 0 Å². The Morgan fingerprint density at radius 3 is 2.71 bits per heavy atom. The van der Waals surface area contributed by atoms with Crippen LogP contribution in [0.2, 0.25) is 0 Å². The zero-order valence-electron chi connectivity index (χ0n) is 12.1. The summed E-state index contributed by atoms with van der Waals surface area (Å²) in [7, 11) is 0. The lowest BCUT2D eigenvalue weighted by Crippen LogP contribution is -2.04. The van der Waals surface area contributed by atoms with E-state index >= 15 is 0 Å². The summed E-state index contributed by atoms with van der Waals surface area (Å²) in [6.45, 7) is 5.01. The fraction of sp³-hybridized carbons (Fsp3) is 0.250. The smallest absolute Gasteiger partial charge is 0.271 e. The van der Waals surface area contributed by atoms with Gasteiger partial charge in [0, 0.05) is 29.9 Å². The molecule has 0 fully saturated rings. The molecule has 0 saturated heterocycles. The summed E-state index contributed by atoms with van der Waals surface area (Å²) in [4.78, 5) is 10.4. The Hall–Kier alpha value is -2.56. The first-order valence-corrected chi connectivity index (χ1v) is 6.81. The molecule has 2 aromatic carbocycles. The normalized spacial score (nSPS) is 10.2. The van der Waals surface area contributed by atoms with Gasteiger partial charge in [0.05, 0.1) is 11.5 Å². The molecule has 0 amide bonds. The van der Waals surface area contributed by atoms with Crippen LogP contribution in [0.4, 0.5) is 11.4 Å². The van der Waals surface area contributed by atoms with Crippen molar-refractivity contribution < 1.29 is 9.66 Å². The van der Waals surface area contributed by atoms with Crippen LogP contribution in [0.15, 0.2) is 42.5 Å². The molecular weight excluding hydrogens is 268 g/mol. The van der Waals surface area contributed by atoms with E-state index in [2.05, 4.69) is 5.32 Å². The van der Waals surface area contributed by atoms with Crippen LogP contribution in [0, 0.1) is 17.0 Å². The predicted molar refractivity (Wildman–Crippen MR) is 82.8 cm³/mol. The van der Waals surface area contributed by atoms with Crippen LogP contribution in [0.1, 0.15) is 18.1 Å². The standard InChI is InChI=1S/C16H18N2O3/c1-3-21-16-7-5-4-6-13(16)11-17-15-10-14(18(19)20)9-8-12(15)2/h4-10,17H,3,11H2,1-2H3. The Morgan fingerprint density at radius 2 is 2.00 bits per heavy atom. The molecule has 0 aliphatic rings. The van der Waals surface area contributed by atoms with Crippen molar-refractivity contribution in [2.75, 3.05) is 11.9 Å². The number of nitro groups is 1. The Balaban J connectivity index is 2.16. The van der Waals surface area contributed by atoms with Crippen LogP contribution in [0.25, 0.3) is 0 Å². The monoisotopic (exact) mass is 286 g/mol. The van der Waals surface area contributed by atoms with Crippen LogP contribution in [-0.4, -0.2) is 11.5 Å². The highest BCUT2D eigenvalue weighted by molar-refractivity contribution is 5.57. The first-order chi connectivity index (χ1) is 10.1. The van der Waals surface area contributed by atoms with Crippen LogP contribution < -0.4 is 10.1 Å². The van der Waals surface area contributed by atoms with E-state index in [9.17, 15) is 10.1 Å². The van der Waals surface area contributed by atoms with Crippen molar-refractivity contribution in [3.05, 3.63) is 63.7 Å². The van der Waals surface area contributed by atoms with Gasteiger partial charge in [-0.2, -0.15) is 0 Å². The summed E-state index contributed by atoms with van der Waals surface area (Å²) in [5, 5.41) is 14.1. The van der Waals surface area contributed by atoms with Gasteiger partial charge in [-0.15, -0.1) is 0 Å². The first kappa shape index (κ1) is 14.8. The van der Waals surface area contributed by atoms with Gasteiger partial charge < -0.3 is 10.1 Å². The van der Waals surface area contributed by atoms with Crippen molar-refractivity contribution in [2.24, 2.45) is 0 Å². The van der Waals surface area contributed by atoms with E-state index in [-0.39, 0.29) is 5.69 Å². The van der Waals surface area contributed by atoms with E-state index in [1.54, 1.807) is 12.1 Å². The minimum atomic E-state index is -0.390. The summed E-state index contributed by atoms with van der Waals surface area (Å²) in [5.74, 6) is 0.829. The Bertz CT molecular complexity index is 641. The lowest BCUT2D eigenvalue weighted by atomic mass is 10.1. The highest BCUT2D eigenvalue weighted by atomic mass is 16.6. The molecule has 0 heterocycles. The minimum absolute atomic E-state index is 0.0844. The van der Waals surface area contributed by atoms with Gasteiger partial charge in [-0.1, -0.05) is 24.3 Å². The van der Waals surface area contributed by atoms with Crippen molar-refractivity contribution in [3.8, 4) is 5.75 Å². The van der Waals surface area contributed by atoms with Gasteiger partial charge in [0.1, 0.15) is 5.75 Å². The van der Waals surface area contributed by atoms with Crippen molar-refractivity contribution in [1.29, 1.82) is 0 Å². The molecule has 5 nitrogen and oxygen atoms in total. The van der Waals surface area contributed by atoms with Gasteiger partial charge in [0.15, 0.2) is 0 Å². The Morgan fingerprint density at radius 1 is 1.24 bits per heavy atom. The molecule has 21 heavy (non-hydrogen) atoms. The number of nitro benzene ring substituents is 1. The lowest BCUT2D eigenvalue weighted by Gasteiger charge is -2.13. The summed E-state index contributed by atoms with van der Waals surface area (Å²) in [6.07, 6.45) is 0. The lowest BCUT2D eigenvalue weighted by molar-refractivity contribution is -0.384. The molecule has 5 heteroatoms. The van der Waals surface area contributed by atoms with E-state index in [1.807, 2.05) is 38.1 Å². The highest BCUT2D eigenvalue weighted by Gasteiger charge is 2.09. The second-order valence-electron chi connectivity index (χ2n) is 4.65. The molecule has 0 atom stereocenters. The predicted octanol–water partition coefficient (Wildman–Crippen LogP) is 3.91. The molecule has 0 spiro atoms. The first-order valence-electron chi connectivity index (χ1n) is 6.81. The third kappa shape index (κ3) is 3.72. The van der Waals surface area contributed by atoms with E-state index in [0.29, 0.717) is 13.2 Å². The van der Waals surface area contributed by atoms with Crippen molar-refractivity contribution >= 4 is 11.4 Å². The number of hydrogen-bond donors (Lipinski definition) is 1. The Labute approximate surface area is 123 Å². The number of anilines is 1. The molecule has 110 valence electrons. The molecule has 2 aromatic rings. The van der Waals surface area contributed by atoms with Crippen molar-refractivity contribution in [2.45, 2.75) is 20.4 Å². The average Bonchev–Trinajstić information content (AvgIpc) is 2.48. The number of nitrogens with one attached hydrogen (secondary N) is 1. The molecule has 0 radical (unpaired) electrons. The molecule has 0 aliphatic carbocycles. The largest absolute Gasteiger partial charge is 0.494 e. The van der Waals surface area contributed by atoms with Gasteiger partial charge in [-0.3, -0.25) is 10.1 Å². The molecule has 0 aliphatic heterocycles. The number of para-hydroxylation sites is 1. The van der Waals surface area contributed by atoms with E-state index in [4.69, 9.17) is 4.74 Å². The number of aryl methyl sites for hydroxylation is 1. The molecule has 0 aromatic heterocycles. The number of non-ortho nitro benzene ring substituents is 1. The fourth-order valence-corrected chi connectivity index (χ4v) is 2.05.